The van der Waals surface area contributed by atoms with Crippen LogP contribution in [-0.4, -0.2) is 36.2 Å². The average molecular weight is 409 g/mol. The van der Waals surface area contributed by atoms with Crippen molar-refractivity contribution in [2.45, 2.75) is 13.3 Å². The zero-order chi connectivity index (χ0) is 21.7. The predicted molar refractivity (Wildman–Crippen MR) is 113 cm³/mol. The number of carbonyl (C=O) groups is 1. The predicted octanol–water partition coefficient (Wildman–Crippen LogP) is 3.68. The Morgan fingerprint density at radius 1 is 1.10 bits per heavy atom. The third-order valence-electron chi connectivity index (χ3n) is 4.82. The Balaban J connectivity index is 1.73. The lowest BCUT2D eigenvalue weighted by atomic mass is 10.1. The van der Waals surface area contributed by atoms with Crippen molar-refractivity contribution in [1.29, 1.82) is 0 Å². The van der Waals surface area contributed by atoms with Gasteiger partial charge in [0.1, 0.15) is 0 Å². The van der Waals surface area contributed by atoms with E-state index >= 15 is 0 Å². The number of nitro benzene ring substituents is 1. The van der Waals surface area contributed by atoms with E-state index in [0.29, 0.717) is 16.9 Å². The normalized spacial score (nSPS) is 10.5. The standard InChI is InChI=1S/C22H23N3O5/c1-15-6-7-17(12-18(15)24-10-4-5-11-24)22(26)23-9-8-16-13-20(29-2)21(30-3)14-19(16)25(27)28/h4-7,10-14H,8-9H2,1-3H3,(H,23,26). The smallest absolute Gasteiger partial charge is 0.276 e. The Morgan fingerprint density at radius 2 is 1.77 bits per heavy atom. The highest BCUT2D eigenvalue weighted by Gasteiger charge is 2.19. The van der Waals surface area contributed by atoms with Crippen LogP contribution in [0.2, 0.25) is 0 Å². The average Bonchev–Trinajstić information content (AvgIpc) is 3.28. The minimum atomic E-state index is -0.470. The first-order valence-electron chi connectivity index (χ1n) is 9.36. The first-order valence-corrected chi connectivity index (χ1v) is 9.36. The molecule has 3 rings (SSSR count). The molecule has 0 spiro atoms. The molecule has 0 aliphatic carbocycles. The second kappa shape index (κ2) is 9.13. The van der Waals surface area contributed by atoms with Crippen LogP contribution in [0, 0.1) is 17.0 Å². The van der Waals surface area contributed by atoms with Gasteiger partial charge in [0.25, 0.3) is 11.6 Å². The Morgan fingerprint density at radius 3 is 2.40 bits per heavy atom. The zero-order valence-corrected chi connectivity index (χ0v) is 17.0. The van der Waals surface area contributed by atoms with Crippen molar-refractivity contribution >= 4 is 11.6 Å². The van der Waals surface area contributed by atoms with E-state index in [1.54, 1.807) is 12.1 Å². The Labute approximate surface area is 174 Å². The molecule has 0 unspecified atom stereocenters. The van der Waals surface area contributed by atoms with Gasteiger partial charge in [-0.3, -0.25) is 14.9 Å². The molecule has 0 radical (unpaired) electrons. The quantitative estimate of drug-likeness (QED) is 0.452. The van der Waals surface area contributed by atoms with E-state index in [1.165, 1.54) is 20.3 Å². The van der Waals surface area contributed by atoms with Gasteiger partial charge >= 0.3 is 0 Å². The van der Waals surface area contributed by atoms with Gasteiger partial charge in [-0.1, -0.05) is 6.07 Å². The molecule has 1 N–H and O–H groups in total. The van der Waals surface area contributed by atoms with Crippen molar-refractivity contribution in [3.8, 4) is 17.2 Å². The number of benzene rings is 2. The summed E-state index contributed by atoms with van der Waals surface area (Å²) in [5.41, 5.74) is 2.86. The molecule has 0 fully saturated rings. The third-order valence-corrected chi connectivity index (χ3v) is 4.82. The lowest BCUT2D eigenvalue weighted by Crippen LogP contribution is -2.26. The third kappa shape index (κ3) is 4.43. The van der Waals surface area contributed by atoms with Gasteiger partial charge in [-0.05, 0) is 49.2 Å². The largest absolute Gasteiger partial charge is 0.493 e. The van der Waals surface area contributed by atoms with E-state index in [1.807, 2.05) is 48.1 Å². The first-order chi connectivity index (χ1) is 14.4. The SMILES string of the molecule is COc1cc(CCNC(=O)c2ccc(C)c(-n3cccc3)c2)c([N+](=O)[O-])cc1OC. The molecule has 8 heteroatoms. The number of carbonyl (C=O) groups excluding carboxylic acids is 1. The van der Waals surface area contributed by atoms with Crippen LogP contribution in [0.25, 0.3) is 5.69 Å². The van der Waals surface area contributed by atoms with Gasteiger partial charge in [-0.25, -0.2) is 0 Å². The Hall–Kier alpha value is -3.81. The van der Waals surface area contributed by atoms with Crippen molar-refractivity contribution in [1.82, 2.24) is 9.88 Å². The van der Waals surface area contributed by atoms with Crippen LogP contribution in [0.5, 0.6) is 11.5 Å². The molecule has 0 bridgehead atoms. The molecular weight excluding hydrogens is 386 g/mol. The van der Waals surface area contributed by atoms with Crippen LogP contribution in [0.3, 0.4) is 0 Å². The molecule has 0 saturated carbocycles. The summed E-state index contributed by atoms with van der Waals surface area (Å²) < 4.78 is 12.3. The summed E-state index contributed by atoms with van der Waals surface area (Å²) in [4.78, 5) is 23.6. The number of aryl methyl sites for hydroxylation is 1. The fraction of sp³-hybridized carbons (Fsp3) is 0.227. The molecule has 1 aromatic heterocycles. The molecule has 0 aliphatic heterocycles. The van der Waals surface area contributed by atoms with Crippen molar-refractivity contribution < 1.29 is 19.2 Å². The zero-order valence-electron chi connectivity index (χ0n) is 17.0. The van der Waals surface area contributed by atoms with Crippen LogP contribution in [0.4, 0.5) is 5.69 Å². The first kappa shape index (κ1) is 20.9. The van der Waals surface area contributed by atoms with Gasteiger partial charge in [-0.15, -0.1) is 0 Å². The number of methoxy groups -OCH3 is 2. The molecule has 8 nitrogen and oxygen atoms in total. The molecular formula is C22H23N3O5. The second-order valence-corrected chi connectivity index (χ2v) is 6.69. The highest BCUT2D eigenvalue weighted by atomic mass is 16.6. The van der Waals surface area contributed by atoms with E-state index in [9.17, 15) is 14.9 Å². The van der Waals surface area contributed by atoms with Crippen LogP contribution < -0.4 is 14.8 Å². The number of nitrogens with zero attached hydrogens (tertiary/aromatic N) is 2. The van der Waals surface area contributed by atoms with Gasteiger partial charge < -0.3 is 19.4 Å². The summed E-state index contributed by atoms with van der Waals surface area (Å²) in [6.07, 6.45) is 4.11. The number of nitrogens with one attached hydrogen (secondary N) is 1. The molecule has 0 saturated heterocycles. The topological polar surface area (TPSA) is 95.6 Å². The minimum absolute atomic E-state index is 0.0767. The number of ether oxygens (including phenoxy) is 2. The number of rotatable bonds is 8. The van der Waals surface area contributed by atoms with Crippen LogP contribution >= 0.6 is 0 Å². The van der Waals surface area contributed by atoms with Crippen molar-refractivity contribution in [2.24, 2.45) is 0 Å². The highest BCUT2D eigenvalue weighted by molar-refractivity contribution is 5.94. The fourth-order valence-electron chi connectivity index (χ4n) is 3.22. The van der Waals surface area contributed by atoms with Crippen molar-refractivity contribution in [2.75, 3.05) is 20.8 Å². The van der Waals surface area contributed by atoms with E-state index in [2.05, 4.69) is 5.32 Å². The molecule has 30 heavy (non-hydrogen) atoms. The molecule has 1 amide bonds. The second-order valence-electron chi connectivity index (χ2n) is 6.69. The number of aromatic nitrogens is 1. The van der Waals surface area contributed by atoms with E-state index in [-0.39, 0.29) is 30.3 Å². The molecule has 0 aliphatic rings. The summed E-state index contributed by atoms with van der Waals surface area (Å²) in [5, 5.41) is 14.2. The van der Waals surface area contributed by atoms with Gasteiger partial charge in [-0.2, -0.15) is 0 Å². The Kier molecular flexibility index (Phi) is 6.36. The molecule has 0 atom stereocenters. The summed E-state index contributed by atoms with van der Waals surface area (Å²) >= 11 is 0. The summed E-state index contributed by atoms with van der Waals surface area (Å²) in [6.45, 7) is 2.22. The molecule has 156 valence electrons. The number of amides is 1. The van der Waals surface area contributed by atoms with E-state index in [4.69, 9.17) is 9.47 Å². The molecule has 3 aromatic rings. The lowest BCUT2D eigenvalue weighted by Gasteiger charge is -2.12. The van der Waals surface area contributed by atoms with Crippen molar-refractivity contribution in [3.63, 3.8) is 0 Å². The van der Waals surface area contributed by atoms with Crippen LogP contribution in [0.1, 0.15) is 21.5 Å². The Bertz CT molecular complexity index is 1060. The fourth-order valence-corrected chi connectivity index (χ4v) is 3.22. The maximum atomic E-state index is 12.6. The lowest BCUT2D eigenvalue weighted by molar-refractivity contribution is -0.385. The van der Waals surface area contributed by atoms with Gasteiger partial charge in [0.05, 0.1) is 25.2 Å². The summed E-state index contributed by atoms with van der Waals surface area (Å²) in [6, 6.07) is 12.2. The monoisotopic (exact) mass is 409 g/mol. The molecule has 1 heterocycles. The number of hydrogen-bond acceptors (Lipinski definition) is 5. The van der Waals surface area contributed by atoms with Gasteiger partial charge in [0.2, 0.25) is 0 Å². The summed E-state index contributed by atoms with van der Waals surface area (Å²) in [7, 11) is 2.89. The van der Waals surface area contributed by atoms with Crippen LogP contribution in [0.15, 0.2) is 54.9 Å². The highest BCUT2D eigenvalue weighted by Crippen LogP contribution is 2.34. The maximum absolute atomic E-state index is 12.6. The van der Waals surface area contributed by atoms with Gasteiger partial charge in [0, 0.05) is 35.8 Å². The van der Waals surface area contributed by atoms with E-state index in [0.717, 1.165) is 11.3 Å². The van der Waals surface area contributed by atoms with E-state index < -0.39 is 4.92 Å². The summed E-state index contributed by atoms with van der Waals surface area (Å²) in [5.74, 6) is 0.444. The van der Waals surface area contributed by atoms with Gasteiger partial charge in [0.15, 0.2) is 11.5 Å². The van der Waals surface area contributed by atoms with Crippen LogP contribution in [-0.2, 0) is 6.42 Å². The van der Waals surface area contributed by atoms with Crippen molar-refractivity contribution in [3.05, 3.63) is 81.7 Å². The minimum Gasteiger partial charge on any atom is -0.493 e. The number of nitro groups is 1. The maximum Gasteiger partial charge on any atom is 0.276 e. The number of hydrogen-bond donors (Lipinski definition) is 1. The molecule has 2 aromatic carbocycles.